The van der Waals surface area contributed by atoms with Crippen LogP contribution in [0, 0.1) is 5.82 Å². The molecule has 0 atom stereocenters. The first kappa shape index (κ1) is 15.7. The van der Waals surface area contributed by atoms with E-state index in [-0.39, 0.29) is 11.2 Å². The minimum absolute atomic E-state index is 0.142. The second-order valence-electron chi connectivity index (χ2n) is 5.82. The average Bonchev–Trinajstić information content (AvgIpc) is 2.79. The van der Waals surface area contributed by atoms with Crippen molar-refractivity contribution in [1.82, 2.24) is 9.78 Å². The molecule has 0 saturated heterocycles. The maximum absolute atomic E-state index is 14.3. The SMILES string of the molecule is CC(C)Sc1cc(-n2[nH]c3c(c2=O)CCCC3)c(F)cc1Cl. The van der Waals surface area contributed by atoms with Gasteiger partial charge in [-0.05, 0) is 37.8 Å². The molecule has 0 radical (unpaired) electrons. The summed E-state index contributed by atoms with van der Waals surface area (Å²) < 4.78 is 15.7. The van der Waals surface area contributed by atoms with Crippen molar-refractivity contribution >= 4 is 23.4 Å². The van der Waals surface area contributed by atoms with E-state index >= 15 is 0 Å². The van der Waals surface area contributed by atoms with Crippen LogP contribution in [0.2, 0.25) is 5.02 Å². The molecule has 22 heavy (non-hydrogen) atoms. The van der Waals surface area contributed by atoms with Crippen molar-refractivity contribution in [3.8, 4) is 5.69 Å². The van der Waals surface area contributed by atoms with E-state index in [0.717, 1.165) is 41.8 Å². The highest BCUT2D eigenvalue weighted by atomic mass is 35.5. The fourth-order valence-corrected chi connectivity index (χ4v) is 3.93. The highest BCUT2D eigenvalue weighted by molar-refractivity contribution is 8.00. The first-order chi connectivity index (χ1) is 10.5. The van der Waals surface area contributed by atoms with Crippen LogP contribution >= 0.6 is 23.4 Å². The number of thioether (sulfide) groups is 1. The van der Waals surface area contributed by atoms with Gasteiger partial charge in [0.15, 0.2) is 0 Å². The van der Waals surface area contributed by atoms with Crippen molar-refractivity contribution < 1.29 is 4.39 Å². The molecule has 1 N–H and O–H groups in total. The molecule has 0 saturated carbocycles. The highest BCUT2D eigenvalue weighted by Gasteiger charge is 2.21. The van der Waals surface area contributed by atoms with Crippen molar-refractivity contribution in [3.05, 3.63) is 44.6 Å². The number of H-pyrrole nitrogens is 1. The lowest BCUT2D eigenvalue weighted by Crippen LogP contribution is -2.19. The zero-order chi connectivity index (χ0) is 15.9. The molecule has 0 unspecified atom stereocenters. The number of aromatic nitrogens is 2. The van der Waals surface area contributed by atoms with E-state index in [2.05, 4.69) is 5.10 Å². The van der Waals surface area contributed by atoms with Crippen LogP contribution < -0.4 is 5.56 Å². The summed E-state index contributed by atoms with van der Waals surface area (Å²) in [4.78, 5) is 13.3. The zero-order valence-electron chi connectivity index (χ0n) is 12.6. The highest BCUT2D eigenvalue weighted by Crippen LogP contribution is 2.33. The van der Waals surface area contributed by atoms with Crippen molar-refractivity contribution in [2.24, 2.45) is 0 Å². The van der Waals surface area contributed by atoms with Crippen LogP contribution in [0.25, 0.3) is 5.69 Å². The maximum atomic E-state index is 14.3. The lowest BCUT2D eigenvalue weighted by atomic mass is 9.98. The number of halogens is 2. The predicted octanol–water partition coefficient (Wildman–Crippen LogP) is 4.34. The Labute approximate surface area is 137 Å². The first-order valence-corrected chi connectivity index (χ1v) is 8.72. The van der Waals surface area contributed by atoms with E-state index in [1.807, 2.05) is 13.8 Å². The molecular formula is C16H18ClFN2OS. The van der Waals surface area contributed by atoms with E-state index < -0.39 is 5.82 Å². The molecule has 0 spiro atoms. The number of fused-ring (bicyclic) bond motifs is 1. The van der Waals surface area contributed by atoms with Crippen LogP contribution in [0.1, 0.15) is 37.9 Å². The summed E-state index contributed by atoms with van der Waals surface area (Å²) in [6.45, 7) is 4.09. The van der Waals surface area contributed by atoms with Crippen LogP contribution in [0.4, 0.5) is 4.39 Å². The van der Waals surface area contributed by atoms with Gasteiger partial charge in [0.2, 0.25) is 0 Å². The fraction of sp³-hybridized carbons (Fsp3) is 0.438. The Morgan fingerprint density at radius 1 is 1.32 bits per heavy atom. The van der Waals surface area contributed by atoms with Gasteiger partial charge >= 0.3 is 0 Å². The van der Waals surface area contributed by atoms with Gasteiger partial charge in [-0.2, -0.15) is 0 Å². The van der Waals surface area contributed by atoms with E-state index in [4.69, 9.17) is 11.6 Å². The summed E-state index contributed by atoms with van der Waals surface area (Å²) >= 11 is 7.67. The predicted molar refractivity (Wildman–Crippen MR) is 89.0 cm³/mol. The van der Waals surface area contributed by atoms with Gasteiger partial charge in [-0.15, -0.1) is 11.8 Å². The van der Waals surface area contributed by atoms with Gasteiger partial charge in [0, 0.05) is 21.4 Å². The lowest BCUT2D eigenvalue weighted by Gasteiger charge is -2.11. The summed E-state index contributed by atoms with van der Waals surface area (Å²) in [5.41, 5.74) is 1.82. The number of rotatable bonds is 3. The molecule has 0 amide bonds. The first-order valence-electron chi connectivity index (χ1n) is 7.46. The largest absolute Gasteiger partial charge is 0.295 e. The van der Waals surface area contributed by atoms with E-state index in [9.17, 15) is 9.18 Å². The van der Waals surface area contributed by atoms with Crippen LogP contribution in [0.5, 0.6) is 0 Å². The molecule has 118 valence electrons. The monoisotopic (exact) mass is 340 g/mol. The molecule has 1 aromatic carbocycles. The van der Waals surface area contributed by atoms with Gasteiger partial charge in [0.05, 0.1) is 5.02 Å². The minimum atomic E-state index is -0.487. The summed E-state index contributed by atoms with van der Waals surface area (Å²) in [7, 11) is 0. The molecule has 1 aliphatic rings. The molecule has 3 nitrogen and oxygen atoms in total. The summed E-state index contributed by atoms with van der Waals surface area (Å²) in [5, 5.41) is 3.77. The topological polar surface area (TPSA) is 37.8 Å². The number of benzene rings is 1. The maximum Gasteiger partial charge on any atom is 0.274 e. The van der Waals surface area contributed by atoms with Crippen LogP contribution in [0.15, 0.2) is 21.8 Å². The molecule has 0 bridgehead atoms. The molecule has 1 aromatic heterocycles. The van der Waals surface area contributed by atoms with E-state index in [1.165, 1.54) is 10.7 Å². The Morgan fingerprint density at radius 3 is 2.73 bits per heavy atom. The number of hydrogen-bond acceptors (Lipinski definition) is 2. The Morgan fingerprint density at radius 2 is 2.05 bits per heavy atom. The zero-order valence-corrected chi connectivity index (χ0v) is 14.2. The molecular weight excluding hydrogens is 323 g/mol. The van der Waals surface area contributed by atoms with Gasteiger partial charge in [-0.25, -0.2) is 9.07 Å². The third kappa shape index (κ3) is 2.84. The van der Waals surface area contributed by atoms with Gasteiger partial charge in [0.1, 0.15) is 11.5 Å². The summed E-state index contributed by atoms with van der Waals surface area (Å²) in [5.74, 6) is -0.487. The van der Waals surface area contributed by atoms with Crippen molar-refractivity contribution in [2.75, 3.05) is 0 Å². The molecule has 0 aliphatic heterocycles. The summed E-state index contributed by atoms with van der Waals surface area (Å²) in [6.07, 6.45) is 3.68. The number of nitrogens with zero attached hydrogens (tertiary/aromatic N) is 1. The molecule has 1 aliphatic carbocycles. The molecule has 3 rings (SSSR count). The third-order valence-corrected chi connectivity index (χ3v) is 5.27. The van der Waals surface area contributed by atoms with E-state index in [1.54, 1.807) is 17.8 Å². The average molecular weight is 341 g/mol. The van der Waals surface area contributed by atoms with Crippen LogP contribution in [-0.4, -0.2) is 15.0 Å². The third-order valence-electron chi connectivity index (χ3n) is 3.78. The second kappa shape index (κ2) is 6.13. The van der Waals surface area contributed by atoms with Gasteiger partial charge < -0.3 is 0 Å². The number of aryl methyl sites for hydroxylation is 1. The fourth-order valence-electron chi connectivity index (χ4n) is 2.79. The van der Waals surface area contributed by atoms with Gasteiger partial charge in [-0.3, -0.25) is 9.89 Å². The molecule has 2 aromatic rings. The Kier molecular flexibility index (Phi) is 4.37. The van der Waals surface area contributed by atoms with Gasteiger partial charge in [-0.1, -0.05) is 25.4 Å². The number of hydrogen-bond donors (Lipinski definition) is 1. The minimum Gasteiger partial charge on any atom is -0.295 e. The Hall–Kier alpha value is -1.20. The normalized spacial score (nSPS) is 14.4. The van der Waals surface area contributed by atoms with Crippen molar-refractivity contribution in [2.45, 2.75) is 49.7 Å². The lowest BCUT2D eigenvalue weighted by molar-refractivity contribution is 0.605. The number of aromatic amines is 1. The smallest absolute Gasteiger partial charge is 0.274 e. The molecule has 1 heterocycles. The van der Waals surface area contributed by atoms with Crippen molar-refractivity contribution in [3.63, 3.8) is 0 Å². The second-order valence-corrected chi connectivity index (χ2v) is 7.84. The Balaban J connectivity index is 2.12. The quantitative estimate of drug-likeness (QED) is 0.844. The summed E-state index contributed by atoms with van der Waals surface area (Å²) in [6, 6.07) is 2.94. The molecule has 6 heteroatoms. The van der Waals surface area contributed by atoms with Crippen LogP contribution in [0.3, 0.4) is 0 Å². The standard InChI is InChI=1S/C16H18ClFN2OS/c1-9(2)22-15-8-14(12(18)7-11(15)17)20-16(21)10-5-3-4-6-13(10)19-20/h7-9,19H,3-6H2,1-2H3. The Bertz CT molecular complexity index is 766. The number of nitrogens with one attached hydrogen (secondary N) is 1. The van der Waals surface area contributed by atoms with Crippen LogP contribution in [-0.2, 0) is 12.8 Å². The van der Waals surface area contributed by atoms with E-state index in [0.29, 0.717) is 10.3 Å². The van der Waals surface area contributed by atoms with Crippen molar-refractivity contribution in [1.29, 1.82) is 0 Å². The molecule has 0 fully saturated rings. The van der Waals surface area contributed by atoms with Gasteiger partial charge in [0.25, 0.3) is 5.56 Å².